The molecule has 23 heavy (non-hydrogen) atoms. The van der Waals surface area contributed by atoms with E-state index in [9.17, 15) is 4.79 Å². The van der Waals surface area contributed by atoms with Crippen LogP contribution in [0.5, 0.6) is 0 Å². The van der Waals surface area contributed by atoms with Crippen LogP contribution in [0.15, 0.2) is 48.0 Å². The lowest BCUT2D eigenvalue weighted by molar-refractivity contribution is -0.142. The molecule has 1 aromatic carbocycles. The average Bonchev–Trinajstić information content (AvgIpc) is 3.24. The highest BCUT2D eigenvalue weighted by Crippen LogP contribution is 2.32. The zero-order valence-corrected chi connectivity index (χ0v) is 14.0. The molecule has 3 rings (SSSR count). The van der Waals surface area contributed by atoms with Gasteiger partial charge in [0.1, 0.15) is 6.04 Å². The molecule has 0 saturated carbocycles. The average molecular weight is 328 g/mol. The van der Waals surface area contributed by atoms with Gasteiger partial charge in [0, 0.05) is 34.4 Å². The van der Waals surface area contributed by atoms with Crippen molar-refractivity contribution in [3.05, 3.63) is 58.4 Å². The molecule has 0 saturated heterocycles. The Morgan fingerprint density at radius 1 is 1.30 bits per heavy atom. The number of rotatable bonds is 6. The molecule has 0 aliphatic rings. The van der Waals surface area contributed by atoms with E-state index in [4.69, 9.17) is 4.74 Å². The van der Waals surface area contributed by atoms with Crippen LogP contribution in [0.3, 0.4) is 0 Å². The van der Waals surface area contributed by atoms with Crippen molar-refractivity contribution >= 4 is 28.2 Å². The van der Waals surface area contributed by atoms with Crippen LogP contribution in [0, 0.1) is 0 Å². The number of hydrogen-bond donors (Lipinski definition) is 2. The lowest BCUT2D eigenvalue weighted by atomic mass is 9.96. The second kappa shape index (κ2) is 6.98. The first-order chi connectivity index (χ1) is 11.2. The van der Waals surface area contributed by atoms with Gasteiger partial charge in [0.25, 0.3) is 0 Å². The summed E-state index contributed by atoms with van der Waals surface area (Å²) < 4.78 is 4.79. The first-order valence-electron chi connectivity index (χ1n) is 7.61. The van der Waals surface area contributed by atoms with Gasteiger partial charge < -0.3 is 15.0 Å². The lowest BCUT2D eigenvalue weighted by Crippen LogP contribution is -2.37. The summed E-state index contributed by atoms with van der Waals surface area (Å²) in [6, 6.07) is 12.2. The molecule has 0 radical (unpaired) electrons. The molecule has 0 aliphatic heterocycles. The van der Waals surface area contributed by atoms with Gasteiger partial charge in [0.15, 0.2) is 0 Å². The van der Waals surface area contributed by atoms with Crippen LogP contribution in [-0.4, -0.2) is 30.6 Å². The van der Waals surface area contributed by atoms with E-state index < -0.39 is 0 Å². The number of hydrogen-bond acceptors (Lipinski definition) is 4. The van der Waals surface area contributed by atoms with E-state index in [0.29, 0.717) is 6.54 Å². The molecule has 2 aromatic heterocycles. The number of fused-ring (bicyclic) bond motifs is 1. The summed E-state index contributed by atoms with van der Waals surface area (Å²) in [4.78, 5) is 16.2. The van der Waals surface area contributed by atoms with Crippen LogP contribution >= 0.6 is 11.3 Å². The molecule has 120 valence electrons. The number of benzene rings is 1. The molecule has 0 spiro atoms. The number of aromatic amines is 1. The van der Waals surface area contributed by atoms with E-state index in [-0.39, 0.29) is 17.9 Å². The highest BCUT2D eigenvalue weighted by atomic mass is 32.1. The van der Waals surface area contributed by atoms with Gasteiger partial charge in [-0.3, -0.25) is 4.79 Å². The van der Waals surface area contributed by atoms with Gasteiger partial charge in [-0.25, -0.2) is 0 Å². The Hall–Kier alpha value is -2.11. The first-order valence-corrected chi connectivity index (χ1v) is 8.49. The summed E-state index contributed by atoms with van der Waals surface area (Å²) in [6.07, 6.45) is 2.07. The van der Waals surface area contributed by atoms with Crippen molar-refractivity contribution in [3.63, 3.8) is 0 Å². The Kier molecular flexibility index (Phi) is 4.79. The highest BCUT2D eigenvalue weighted by Gasteiger charge is 2.21. The van der Waals surface area contributed by atoms with Gasteiger partial charge in [-0.2, -0.15) is 0 Å². The zero-order chi connectivity index (χ0) is 16.2. The van der Waals surface area contributed by atoms with Crippen LogP contribution in [0.25, 0.3) is 10.9 Å². The third kappa shape index (κ3) is 3.30. The number of ether oxygens (including phenoxy) is 1. The Labute approximate surface area is 139 Å². The van der Waals surface area contributed by atoms with Crippen LogP contribution in [0.2, 0.25) is 0 Å². The van der Waals surface area contributed by atoms with Crippen molar-refractivity contribution in [2.45, 2.75) is 18.9 Å². The van der Waals surface area contributed by atoms with Crippen molar-refractivity contribution in [3.8, 4) is 0 Å². The molecule has 0 unspecified atom stereocenters. The molecule has 5 heteroatoms. The topological polar surface area (TPSA) is 54.1 Å². The fraction of sp³-hybridized carbons (Fsp3) is 0.278. The summed E-state index contributed by atoms with van der Waals surface area (Å²) in [5.41, 5.74) is 2.37. The maximum absolute atomic E-state index is 11.6. The number of thiophene rings is 1. The monoisotopic (exact) mass is 328 g/mol. The standard InChI is InChI=1S/C18H20N2O2S/c1-12(18(21)22-2)19-11-15(17-8-5-9-23-17)14-10-20-16-7-4-3-6-13(14)16/h3-10,12,15,19-20H,11H2,1-2H3/t12-,15-/m1/s1. The smallest absolute Gasteiger partial charge is 0.322 e. The zero-order valence-electron chi connectivity index (χ0n) is 13.2. The van der Waals surface area contributed by atoms with E-state index in [2.05, 4.69) is 52.2 Å². The SMILES string of the molecule is COC(=O)[C@@H](C)NC[C@@H](c1cccs1)c1c[nH]c2ccccc12. The third-order valence-electron chi connectivity index (χ3n) is 4.07. The minimum atomic E-state index is -0.326. The van der Waals surface area contributed by atoms with Gasteiger partial charge >= 0.3 is 5.97 Å². The van der Waals surface area contributed by atoms with Crippen molar-refractivity contribution < 1.29 is 9.53 Å². The molecule has 0 amide bonds. The normalized spacial score (nSPS) is 13.8. The second-order valence-electron chi connectivity index (χ2n) is 5.51. The Balaban J connectivity index is 1.89. The Morgan fingerprint density at radius 2 is 2.13 bits per heavy atom. The molecule has 0 bridgehead atoms. The van der Waals surface area contributed by atoms with Gasteiger partial charge in [-0.05, 0) is 30.0 Å². The van der Waals surface area contributed by atoms with Gasteiger partial charge in [-0.15, -0.1) is 11.3 Å². The quantitative estimate of drug-likeness (QED) is 0.681. The molecule has 3 aromatic rings. The summed E-state index contributed by atoms with van der Waals surface area (Å²) >= 11 is 1.73. The number of methoxy groups -OCH3 is 1. The molecular formula is C18H20N2O2S. The molecule has 0 fully saturated rings. The van der Waals surface area contributed by atoms with Crippen molar-refractivity contribution in [1.82, 2.24) is 10.3 Å². The van der Waals surface area contributed by atoms with Crippen LogP contribution in [0.4, 0.5) is 0 Å². The molecule has 0 aliphatic carbocycles. The minimum absolute atomic E-state index is 0.193. The number of nitrogens with one attached hydrogen (secondary N) is 2. The minimum Gasteiger partial charge on any atom is -0.468 e. The fourth-order valence-electron chi connectivity index (χ4n) is 2.79. The van der Waals surface area contributed by atoms with Gasteiger partial charge in [-0.1, -0.05) is 24.3 Å². The molecular weight excluding hydrogens is 308 g/mol. The number of carbonyl (C=O) groups excluding carboxylic acids is 1. The highest BCUT2D eigenvalue weighted by molar-refractivity contribution is 7.10. The van der Waals surface area contributed by atoms with Gasteiger partial charge in [0.2, 0.25) is 0 Å². The molecule has 2 heterocycles. The second-order valence-corrected chi connectivity index (χ2v) is 6.49. The number of para-hydroxylation sites is 1. The van der Waals surface area contributed by atoms with E-state index in [1.807, 2.05) is 13.0 Å². The maximum atomic E-state index is 11.6. The third-order valence-corrected chi connectivity index (χ3v) is 5.05. The predicted octanol–water partition coefficient (Wildman–Crippen LogP) is 3.51. The van der Waals surface area contributed by atoms with Crippen LogP contribution < -0.4 is 5.32 Å². The Morgan fingerprint density at radius 3 is 2.87 bits per heavy atom. The van der Waals surface area contributed by atoms with Crippen LogP contribution in [0.1, 0.15) is 23.3 Å². The van der Waals surface area contributed by atoms with Crippen molar-refractivity contribution in [2.24, 2.45) is 0 Å². The van der Waals surface area contributed by atoms with Crippen molar-refractivity contribution in [1.29, 1.82) is 0 Å². The molecule has 4 nitrogen and oxygen atoms in total. The van der Waals surface area contributed by atoms with E-state index in [1.54, 1.807) is 11.3 Å². The molecule has 2 atom stereocenters. The Bertz CT molecular complexity index is 779. The maximum Gasteiger partial charge on any atom is 0.322 e. The van der Waals surface area contributed by atoms with E-state index in [1.165, 1.54) is 22.9 Å². The molecule has 2 N–H and O–H groups in total. The van der Waals surface area contributed by atoms with Crippen molar-refractivity contribution in [2.75, 3.05) is 13.7 Å². The summed E-state index contributed by atoms with van der Waals surface area (Å²) in [7, 11) is 1.41. The first kappa shape index (κ1) is 15.8. The summed E-state index contributed by atoms with van der Waals surface area (Å²) in [6.45, 7) is 2.51. The lowest BCUT2D eigenvalue weighted by Gasteiger charge is -2.19. The number of carbonyl (C=O) groups is 1. The van der Waals surface area contributed by atoms with Crippen LogP contribution in [-0.2, 0) is 9.53 Å². The largest absolute Gasteiger partial charge is 0.468 e. The van der Waals surface area contributed by atoms with E-state index >= 15 is 0 Å². The van der Waals surface area contributed by atoms with E-state index in [0.717, 1.165) is 5.52 Å². The van der Waals surface area contributed by atoms with Gasteiger partial charge in [0.05, 0.1) is 7.11 Å². The number of aromatic nitrogens is 1. The number of H-pyrrole nitrogens is 1. The number of esters is 1. The predicted molar refractivity (Wildman–Crippen MR) is 93.9 cm³/mol. The fourth-order valence-corrected chi connectivity index (χ4v) is 3.64. The summed E-state index contributed by atoms with van der Waals surface area (Å²) in [5, 5.41) is 6.60. The summed E-state index contributed by atoms with van der Waals surface area (Å²) in [5.74, 6) is -0.0490.